The Labute approximate surface area is 134 Å². The van der Waals surface area contributed by atoms with Crippen molar-refractivity contribution in [2.45, 2.75) is 39.0 Å². The van der Waals surface area contributed by atoms with Gasteiger partial charge in [0.25, 0.3) is 0 Å². The highest BCUT2D eigenvalue weighted by atomic mass is 16.5. The van der Waals surface area contributed by atoms with Crippen LogP contribution in [0.15, 0.2) is 36.9 Å². The lowest BCUT2D eigenvalue weighted by Gasteiger charge is -2.39. The van der Waals surface area contributed by atoms with Gasteiger partial charge in [0, 0.05) is 25.4 Å². The fraction of sp³-hybridized carbons (Fsp3) is 0.526. The van der Waals surface area contributed by atoms with Gasteiger partial charge in [0.1, 0.15) is 5.75 Å². The summed E-state index contributed by atoms with van der Waals surface area (Å²) >= 11 is 0. The summed E-state index contributed by atoms with van der Waals surface area (Å²) < 4.78 is 6.02. The van der Waals surface area contributed by atoms with E-state index in [1.165, 1.54) is 5.56 Å². The van der Waals surface area contributed by atoms with E-state index in [0.717, 1.165) is 25.3 Å². The molecule has 1 aliphatic rings. The molecule has 3 nitrogen and oxygen atoms in total. The molecule has 22 heavy (non-hydrogen) atoms. The van der Waals surface area contributed by atoms with Gasteiger partial charge < -0.3 is 9.64 Å². The normalized spacial score (nSPS) is 15.3. The van der Waals surface area contributed by atoms with E-state index < -0.39 is 0 Å². The number of rotatable bonds is 6. The van der Waals surface area contributed by atoms with Crippen molar-refractivity contribution in [3.8, 4) is 5.75 Å². The van der Waals surface area contributed by atoms with Crippen molar-refractivity contribution in [3.63, 3.8) is 0 Å². The van der Waals surface area contributed by atoms with Crippen molar-refractivity contribution in [2.24, 2.45) is 5.92 Å². The molecule has 0 unspecified atom stereocenters. The van der Waals surface area contributed by atoms with Gasteiger partial charge in [-0.05, 0) is 23.5 Å². The van der Waals surface area contributed by atoms with Gasteiger partial charge in [0.2, 0.25) is 5.91 Å². The fourth-order valence-electron chi connectivity index (χ4n) is 2.68. The molecule has 3 heteroatoms. The molecule has 0 radical (unpaired) electrons. The minimum Gasteiger partial charge on any atom is -0.493 e. The van der Waals surface area contributed by atoms with Crippen LogP contribution in [-0.2, 0) is 10.2 Å². The van der Waals surface area contributed by atoms with E-state index >= 15 is 0 Å². The second kappa shape index (κ2) is 6.99. The van der Waals surface area contributed by atoms with Crippen LogP contribution in [0.4, 0.5) is 0 Å². The van der Waals surface area contributed by atoms with Gasteiger partial charge in [0.15, 0.2) is 0 Å². The fourth-order valence-corrected chi connectivity index (χ4v) is 2.68. The Balaban J connectivity index is 1.82. The molecule has 0 saturated carbocycles. The number of carbonyl (C=O) groups excluding carboxylic acids is 1. The molecule has 0 bridgehead atoms. The first-order chi connectivity index (χ1) is 10.4. The number of para-hydroxylation sites is 1. The number of likely N-dealkylation sites (tertiary alicyclic amines) is 1. The summed E-state index contributed by atoms with van der Waals surface area (Å²) in [6.45, 7) is 12.5. The first kappa shape index (κ1) is 16.6. The second-order valence-electron chi connectivity index (χ2n) is 7.05. The molecule has 1 aliphatic heterocycles. The average molecular weight is 301 g/mol. The van der Waals surface area contributed by atoms with E-state index in [-0.39, 0.29) is 11.3 Å². The van der Waals surface area contributed by atoms with Crippen LogP contribution in [0.5, 0.6) is 5.75 Å². The van der Waals surface area contributed by atoms with Gasteiger partial charge in [-0.1, -0.05) is 45.0 Å². The molecule has 1 aromatic rings. The van der Waals surface area contributed by atoms with Gasteiger partial charge in [-0.2, -0.15) is 0 Å². The summed E-state index contributed by atoms with van der Waals surface area (Å²) in [5.74, 6) is 1.64. The molecule has 2 rings (SSSR count). The van der Waals surface area contributed by atoms with E-state index in [1.54, 1.807) is 6.08 Å². The lowest BCUT2D eigenvalue weighted by Crippen LogP contribution is -2.52. The van der Waals surface area contributed by atoms with Gasteiger partial charge in [-0.3, -0.25) is 4.79 Å². The molecule has 1 amide bonds. The van der Waals surface area contributed by atoms with Crippen molar-refractivity contribution in [1.82, 2.24) is 4.90 Å². The topological polar surface area (TPSA) is 29.5 Å². The second-order valence-corrected chi connectivity index (χ2v) is 7.05. The monoisotopic (exact) mass is 301 g/mol. The van der Waals surface area contributed by atoms with E-state index in [0.29, 0.717) is 18.9 Å². The number of nitrogens with zero attached hydrogens (tertiary/aromatic N) is 1. The Hall–Kier alpha value is -1.77. The summed E-state index contributed by atoms with van der Waals surface area (Å²) in [5, 5.41) is 0. The highest BCUT2D eigenvalue weighted by Crippen LogP contribution is 2.31. The molecule has 1 fully saturated rings. The zero-order chi connectivity index (χ0) is 16.2. The average Bonchev–Trinajstić information content (AvgIpc) is 2.42. The number of hydrogen-bond donors (Lipinski definition) is 0. The minimum absolute atomic E-state index is 0.0723. The smallest absolute Gasteiger partial charge is 0.222 e. The van der Waals surface area contributed by atoms with Crippen LogP contribution in [0, 0.1) is 5.92 Å². The molecule has 1 saturated heterocycles. The van der Waals surface area contributed by atoms with Crippen LogP contribution >= 0.6 is 0 Å². The number of carbonyl (C=O) groups is 1. The van der Waals surface area contributed by atoms with Crippen molar-refractivity contribution in [1.29, 1.82) is 0 Å². The van der Waals surface area contributed by atoms with E-state index in [2.05, 4.69) is 39.5 Å². The highest BCUT2D eigenvalue weighted by Gasteiger charge is 2.30. The Morgan fingerprint density at radius 2 is 2.05 bits per heavy atom. The molecule has 1 heterocycles. The zero-order valence-electron chi connectivity index (χ0n) is 14.0. The lowest BCUT2D eigenvalue weighted by atomic mass is 9.86. The highest BCUT2D eigenvalue weighted by molar-refractivity contribution is 5.77. The van der Waals surface area contributed by atoms with Crippen LogP contribution in [0.1, 0.15) is 39.2 Å². The number of hydrogen-bond acceptors (Lipinski definition) is 2. The van der Waals surface area contributed by atoms with E-state index in [4.69, 9.17) is 4.74 Å². The molecular weight excluding hydrogens is 274 g/mol. The van der Waals surface area contributed by atoms with Gasteiger partial charge in [0.05, 0.1) is 6.61 Å². The molecule has 1 aromatic carbocycles. The summed E-state index contributed by atoms with van der Waals surface area (Å²) in [7, 11) is 0. The third-order valence-corrected chi connectivity index (χ3v) is 4.04. The van der Waals surface area contributed by atoms with E-state index in [9.17, 15) is 4.79 Å². The summed E-state index contributed by atoms with van der Waals surface area (Å²) in [5.41, 5.74) is 1.30. The van der Waals surface area contributed by atoms with Crippen LogP contribution in [0.2, 0.25) is 0 Å². The van der Waals surface area contributed by atoms with Crippen LogP contribution in [-0.4, -0.2) is 30.5 Å². The predicted molar refractivity (Wildman–Crippen MR) is 90.1 cm³/mol. The largest absolute Gasteiger partial charge is 0.493 e. The number of ether oxygens (including phenoxy) is 1. The Morgan fingerprint density at radius 1 is 1.36 bits per heavy atom. The first-order valence-corrected chi connectivity index (χ1v) is 8.03. The molecule has 0 aliphatic carbocycles. The molecule has 120 valence electrons. The van der Waals surface area contributed by atoms with Gasteiger partial charge in [-0.15, -0.1) is 6.58 Å². The van der Waals surface area contributed by atoms with Crippen molar-refractivity contribution in [3.05, 3.63) is 42.5 Å². The third-order valence-electron chi connectivity index (χ3n) is 4.04. The zero-order valence-corrected chi connectivity index (χ0v) is 14.0. The van der Waals surface area contributed by atoms with Crippen LogP contribution in [0.25, 0.3) is 0 Å². The number of allylic oxidation sites excluding steroid dienone is 1. The molecular formula is C19H27NO2. The first-order valence-electron chi connectivity index (χ1n) is 8.03. The quantitative estimate of drug-likeness (QED) is 0.748. The molecule has 0 aromatic heterocycles. The lowest BCUT2D eigenvalue weighted by molar-refractivity contribution is -0.138. The van der Waals surface area contributed by atoms with Gasteiger partial charge in [-0.25, -0.2) is 0 Å². The summed E-state index contributed by atoms with van der Waals surface area (Å²) in [6.07, 6.45) is 3.13. The maximum absolute atomic E-state index is 11.8. The molecule has 0 atom stereocenters. The number of amides is 1. The predicted octanol–water partition coefficient (Wildman–Crippen LogP) is 3.79. The van der Waals surface area contributed by atoms with Gasteiger partial charge >= 0.3 is 0 Å². The van der Waals surface area contributed by atoms with Crippen LogP contribution in [0.3, 0.4) is 0 Å². The maximum Gasteiger partial charge on any atom is 0.222 e. The third kappa shape index (κ3) is 4.12. The Kier molecular flexibility index (Phi) is 5.28. The molecule has 0 spiro atoms. The molecule has 0 N–H and O–H groups in total. The van der Waals surface area contributed by atoms with Crippen molar-refractivity contribution in [2.75, 3.05) is 19.7 Å². The summed E-state index contributed by atoms with van der Waals surface area (Å²) in [4.78, 5) is 13.7. The SMILES string of the molecule is C=CCCC(=O)N1CC(COc2ccccc2C(C)(C)C)C1. The Bertz CT molecular complexity index is 524. The van der Waals surface area contributed by atoms with E-state index in [1.807, 2.05) is 17.0 Å². The number of benzene rings is 1. The standard InChI is InChI=1S/C19H27NO2/c1-5-6-11-18(21)20-12-15(13-20)14-22-17-10-8-7-9-16(17)19(2,3)4/h5,7-10,15H,1,6,11-14H2,2-4H3. The minimum atomic E-state index is 0.0723. The summed E-state index contributed by atoms with van der Waals surface area (Å²) in [6, 6.07) is 8.22. The Morgan fingerprint density at radius 3 is 2.68 bits per heavy atom. The maximum atomic E-state index is 11.8. The van der Waals surface area contributed by atoms with Crippen molar-refractivity contribution < 1.29 is 9.53 Å². The van der Waals surface area contributed by atoms with Crippen LogP contribution < -0.4 is 4.74 Å². The van der Waals surface area contributed by atoms with Crippen molar-refractivity contribution >= 4 is 5.91 Å².